The van der Waals surface area contributed by atoms with Crippen molar-refractivity contribution < 1.29 is 18.4 Å². The van der Waals surface area contributed by atoms with Crippen LogP contribution in [0, 0.1) is 11.8 Å². The second-order valence-corrected chi connectivity index (χ2v) is 7.18. The van der Waals surface area contributed by atoms with E-state index in [2.05, 4.69) is 21.3 Å². The van der Waals surface area contributed by atoms with Crippen molar-refractivity contribution in [1.82, 2.24) is 21.3 Å². The van der Waals surface area contributed by atoms with E-state index in [1.807, 2.05) is 12.1 Å². The normalized spacial score (nSPS) is 19.0. The van der Waals surface area contributed by atoms with E-state index < -0.39 is 0 Å². The molecule has 1 aliphatic rings. The molecule has 0 unspecified atom stereocenters. The molecule has 0 aliphatic heterocycles. The van der Waals surface area contributed by atoms with Crippen molar-refractivity contribution in [2.45, 2.75) is 38.8 Å². The summed E-state index contributed by atoms with van der Waals surface area (Å²) in [6.07, 6.45) is 7.47. The molecule has 1 aliphatic carbocycles. The zero-order chi connectivity index (χ0) is 19.6. The molecular weight excluding hydrogens is 360 g/mol. The third kappa shape index (κ3) is 6.68. The van der Waals surface area contributed by atoms with Gasteiger partial charge in [0.15, 0.2) is 0 Å². The largest absolute Gasteiger partial charge is 0.467 e. The first-order valence-electron chi connectivity index (χ1n) is 9.77. The maximum Gasteiger partial charge on any atom is 0.315 e. The molecular formula is C20H28N4O4. The minimum atomic E-state index is -0.186. The number of hydrogen-bond donors (Lipinski definition) is 4. The van der Waals surface area contributed by atoms with Gasteiger partial charge in [-0.1, -0.05) is 6.42 Å². The summed E-state index contributed by atoms with van der Waals surface area (Å²) >= 11 is 0. The second kappa shape index (κ2) is 10.4. The second-order valence-electron chi connectivity index (χ2n) is 7.18. The fourth-order valence-electron chi connectivity index (χ4n) is 3.53. The predicted molar refractivity (Wildman–Crippen MR) is 103 cm³/mol. The van der Waals surface area contributed by atoms with E-state index >= 15 is 0 Å². The lowest BCUT2D eigenvalue weighted by molar-refractivity contribution is 0.220. The summed E-state index contributed by atoms with van der Waals surface area (Å²) in [5.41, 5.74) is 0. The highest BCUT2D eigenvalue weighted by atomic mass is 16.3. The van der Waals surface area contributed by atoms with Crippen LogP contribution in [0.5, 0.6) is 0 Å². The number of rotatable bonds is 8. The van der Waals surface area contributed by atoms with Gasteiger partial charge < -0.3 is 30.1 Å². The lowest BCUT2D eigenvalue weighted by Gasteiger charge is -2.29. The van der Waals surface area contributed by atoms with E-state index in [1.54, 1.807) is 24.7 Å². The predicted octanol–water partition coefficient (Wildman–Crippen LogP) is 2.98. The van der Waals surface area contributed by atoms with Crippen molar-refractivity contribution in [3.63, 3.8) is 0 Å². The van der Waals surface area contributed by atoms with Gasteiger partial charge in [0.05, 0.1) is 25.6 Å². The number of hydrogen-bond acceptors (Lipinski definition) is 4. The number of amides is 4. The summed E-state index contributed by atoms with van der Waals surface area (Å²) in [6.45, 7) is 2.04. The molecule has 2 aromatic heterocycles. The van der Waals surface area contributed by atoms with Gasteiger partial charge in [-0.3, -0.25) is 0 Å². The summed E-state index contributed by atoms with van der Waals surface area (Å²) in [4.78, 5) is 23.8. The highest BCUT2D eigenvalue weighted by Gasteiger charge is 2.22. The van der Waals surface area contributed by atoms with Crippen LogP contribution in [-0.2, 0) is 13.1 Å². The molecule has 0 aromatic carbocycles. The van der Waals surface area contributed by atoms with Gasteiger partial charge in [0, 0.05) is 13.1 Å². The molecule has 8 nitrogen and oxygen atoms in total. The zero-order valence-electron chi connectivity index (χ0n) is 15.9. The van der Waals surface area contributed by atoms with Crippen molar-refractivity contribution in [2.24, 2.45) is 11.8 Å². The first-order chi connectivity index (χ1) is 13.7. The SMILES string of the molecule is O=C(NCc1ccco1)NC[C@@H]1CCC[C@@H](CNC(=O)NCc2ccco2)C1. The van der Waals surface area contributed by atoms with Crippen LogP contribution in [0.4, 0.5) is 9.59 Å². The summed E-state index contributed by atoms with van der Waals surface area (Å²) in [6, 6.07) is 6.86. The van der Waals surface area contributed by atoms with Crippen LogP contribution in [-0.4, -0.2) is 25.2 Å². The van der Waals surface area contributed by atoms with Gasteiger partial charge in [0.1, 0.15) is 11.5 Å². The molecule has 4 N–H and O–H groups in total. The van der Waals surface area contributed by atoms with Gasteiger partial charge in [-0.05, 0) is 55.4 Å². The number of urea groups is 2. The molecule has 0 spiro atoms. The van der Waals surface area contributed by atoms with Crippen LogP contribution in [0.1, 0.15) is 37.2 Å². The number of carbonyl (C=O) groups excluding carboxylic acids is 2. The van der Waals surface area contributed by atoms with Crippen LogP contribution in [0.2, 0.25) is 0 Å². The van der Waals surface area contributed by atoms with E-state index in [0.717, 1.165) is 37.2 Å². The van der Waals surface area contributed by atoms with Crippen molar-refractivity contribution in [3.8, 4) is 0 Å². The fourth-order valence-corrected chi connectivity index (χ4v) is 3.53. The minimum absolute atomic E-state index is 0.186. The number of furan rings is 2. The van der Waals surface area contributed by atoms with Crippen molar-refractivity contribution in [1.29, 1.82) is 0 Å². The Kier molecular flexibility index (Phi) is 7.40. The molecule has 0 saturated heterocycles. The van der Waals surface area contributed by atoms with E-state index in [9.17, 15) is 9.59 Å². The highest BCUT2D eigenvalue weighted by molar-refractivity contribution is 5.74. The fraction of sp³-hybridized carbons (Fsp3) is 0.500. The first kappa shape index (κ1) is 19.9. The molecule has 1 fully saturated rings. The van der Waals surface area contributed by atoms with Gasteiger partial charge in [0.25, 0.3) is 0 Å². The molecule has 2 heterocycles. The van der Waals surface area contributed by atoms with Crippen molar-refractivity contribution in [3.05, 3.63) is 48.3 Å². The van der Waals surface area contributed by atoms with Crippen LogP contribution in [0.15, 0.2) is 45.6 Å². The molecule has 28 heavy (non-hydrogen) atoms. The summed E-state index contributed by atoms with van der Waals surface area (Å²) in [5, 5.41) is 11.4. The van der Waals surface area contributed by atoms with Crippen molar-refractivity contribution in [2.75, 3.05) is 13.1 Å². The quantitative estimate of drug-likeness (QED) is 0.557. The Morgan fingerprint density at radius 1 is 0.821 bits per heavy atom. The Labute approximate surface area is 164 Å². The molecule has 8 heteroatoms. The lowest BCUT2D eigenvalue weighted by Crippen LogP contribution is -2.41. The average molecular weight is 388 g/mol. The Bertz CT molecular complexity index is 654. The molecule has 1 saturated carbocycles. The lowest BCUT2D eigenvalue weighted by atomic mass is 9.81. The summed E-state index contributed by atoms with van der Waals surface area (Å²) in [7, 11) is 0. The van der Waals surface area contributed by atoms with E-state index in [1.165, 1.54) is 0 Å². The Hall–Kier alpha value is -2.90. The van der Waals surface area contributed by atoms with E-state index in [-0.39, 0.29) is 12.1 Å². The third-order valence-electron chi connectivity index (χ3n) is 5.00. The average Bonchev–Trinajstić information content (AvgIpc) is 3.42. The Morgan fingerprint density at radius 2 is 1.32 bits per heavy atom. The highest BCUT2D eigenvalue weighted by Crippen LogP contribution is 2.28. The minimum Gasteiger partial charge on any atom is -0.467 e. The van der Waals surface area contributed by atoms with E-state index in [0.29, 0.717) is 38.0 Å². The maximum absolute atomic E-state index is 11.9. The maximum atomic E-state index is 11.9. The summed E-state index contributed by atoms with van der Waals surface area (Å²) in [5.74, 6) is 2.32. The number of carbonyl (C=O) groups is 2. The molecule has 152 valence electrons. The van der Waals surface area contributed by atoms with Gasteiger partial charge >= 0.3 is 12.1 Å². The standard InChI is InChI=1S/C20H28N4O4/c25-19(23-13-17-6-2-8-27-17)21-11-15-4-1-5-16(10-15)12-22-20(26)24-14-18-7-3-9-28-18/h2-3,6-9,15-16H,1,4-5,10-14H2,(H2,21,23,25)(H2,22,24,26)/t15-,16-/m1/s1. The van der Waals surface area contributed by atoms with Crippen LogP contribution in [0.3, 0.4) is 0 Å². The molecule has 4 amide bonds. The van der Waals surface area contributed by atoms with Gasteiger partial charge in [-0.2, -0.15) is 0 Å². The monoisotopic (exact) mass is 388 g/mol. The number of nitrogens with one attached hydrogen (secondary N) is 4. The molecule has 2 atom stereocenters. The molecule has 0 bridgehead atoms. The van der Waals surface area contributed by atoms with E-state index in [4.69, 9.17) is 8.83 Å². The smallest absolute Gasteiger partial charge is 0.315 e. The molecule has 0 radical (unpaired) electrons. The molecule has 2 aromatic rings. The van der Waals surface area contributed by atoms with Gasteiger partial charge in [0.2, 0.25) is 0 Å². The van der Waals surface area contributed by atoms with Crippen LogP contribution in [0.25, 0.3) is 0 Å². The van der Waals surface area contributed by atoms with Crippen molar-refractivity contribution >= 4 is 12.1 Å². The van der Waals surface area contributed by atoms with Crippen LogP contribution >= 0.6 is 0 Å². The van der Waals surface area contributed by atoms with Gasteiger partial charge in [-0.25, -0.2) is 9.59 Å². The van der Waals surface area contributed by atoms with Gasteiger partial charge in [-0.15, -0.1) is 0 Å². The Balaban J connectivity index is 1.29. The topological polar surface area (TPSA) is 109 Å². The van der Waals surface area contributed by atoms with Crippen LogP contribution < -0.4 is 21.3 Å². The Morgan fingerprint density at radius 3 is 1.75 bits per heavy atom. The summed E-state index contributed by atoms with van der Waals surface area (Å²) < 4.78 is 10.4. The first-order valence-corrected chi connectivity index (χ1v) is 9.77. The zero-order valence-corrected chi connectivity index (χ0v) is 15.9. The third-order valence-corrected chi connectivity index (χ3v) is 5.00. The molecule has 3 rings (SSSR count).